The molecule has 0 aromatic heterocycles. The molecule has 0 saturated carbocycles. The van der Waals surface area contributed by atoms with Gasteiger partial charge in [-0.05, 0) is 31.8 Å². The van der Waals surface area contributed by atoms with Crippen LogP contribution in [-0.4, -0.2) is 55.0 Å². The predicted molar refractivity (Wildman–Crippen MR) is 79.1 cm³/mol. The normalized spacial score (nSPS) is 21.6. The zero-order chi connectivity index (χ0) is 15.1. The molecular weight excluding hydrogens is 256 g/mol. The molecule has 116 valence electrons. The molecule has 1 heterocycles. The van der Waals surface area contributed by atoms with E-state index in [-0.39, 0.29) is 30.3 Å². The van der Waals surface area contributed by atoms with Crippen molar-refractivity contribution < 1.29 is 9.59 Å². The number of nitrogens with zero attached hydrogens (tertiary/aromatic N) is 1. The van der Waals surface area contributed by atoms with Gasteiger partial charge < -0.3 is 21.3 Å². The maximum atomic E-state index is 11.8. The van der Waals surface area contributed by atoms with Crippen molar-refractivity contribution in [1.29, 1.82) is 0 Å². The molecule has 0 aliphatic carbocycles. The molecule has 0 radical (unpaired) electrons. The van der Waals surface area contributed by atoms with Crippen molar-refractivity contribution in [2.24, 2.45) is 11.7 Å². The third-order valence-corrected chi connectivity index (χ3v) is 3.76. The molecular formula is C14H28N4O2. The summed E-state index contributed by atoms with van der Waals surface area (Å²) < 4.78 is 0. The predicted octanol–water partition coefficient (Wildman–Crippen LogP) is -0.314. The van der Waals surface area contributed by atoms with E-state index in [0.717, 1.165) is 32.5 Å². The quantitative estimate of drug-likeness (QED) is 0.624. The van der Waals surface area contributed by atoms with Crippen LogP contribution in [0.5, 0.6) is 0 Å². The van der Waals surface area contributed by atoms with E-state index in [9.17, 15) is 9.59 Å². The van der Waals surface area contributed by atoms with Gasteiger partial charge in [0.15, 0.2) is 0 Å². The van der Waals surface area contributed by atoms with Crippen molar-refractivity contribution in [2.75, 3.05) is 26.2 Å². The summed E-state index contributed by atoms with van der Waals surface area (Å²) in [6.45, 7) is 8.88. The number of likely N-dealkylation sites (N-methyl/N-ethyl adjacent to an activating group) is 1. The molecule has 2 amide bonds. The Morgan fingerprint density at radius 3 is 2.70 bits per heavy atom. The number of hydrogen-bond donors (Lipinski definition) is 3. The van der Waals surface area contributed by atoms with Crippen LogP contribution >= 0.6 is 0 Å². The van der Waals surface area contributed by atoms with Gasteiger partial charge in [-0.25, -0.2) is 0 Å². The Hall–Kier alpha value is -1.14. The van der Waals surface area contributed by atoms with Gasteiger partial charge in [-0.3, -0.25) is 9.59 Å². The summed E-state index contributed by atoms with van der Waals surface area (Å²) in [4.78, 5) is 25.8. The zero-order valence-corrected chi connectivity index (χ0v) is 12.8. The summed E-state index contributed by atoms with van der Waals surface area (Å²) in [6, 6.07) is -0.375. The lowest BCUT2D eigenvalue weighted by atomic mass is 10.0. The molecule has 1 aliphatic rings. The largest absolute Gasteiger partial charge is 0.351 e. The fraction of sp³-hybridized carbons (Fsp3) is 0.857. The topological polar surface area (TPSA) is 87.5 Å². The average molecular weight is 284 g/mol. The van der Waals surface area contributed by atoms with E-state index < -0.39 is 6.04 Å². The van der Waals surface area contributed by atoms with Gasteiger partial charge in [0.25, 0.3) is 0 Å². The molecule has 6 nitrogen and oxygen atoms in total. The second-order valence-corrected chi connectivity index (χ2v) is 5.79. The molecule has 0 bridgehead atoms. The second kappa shape index (κ2) is 8.21. The van der Waals surface area contributed by atoms with Gasteiger partial charge in [0.05, 0.1) is 12.6 Å². The number of nitrogens with one attached hydrogen (secondary N) is 2. The van der Waals surface area contributed by atoms with Gasteiger partial charge in [0.2, 0.25) is 11.8 Å². The van der Waals surface area contributed by atoms with E-state index in [0.29, 0.717) is 0 Å². The first-order valence-corrected chi connectivity index (χ1v) is 7.49. The number of piperidine rings is 1. The van der Waals surface area contributed by atoms with Crippen LogP contribution in [0.1, 0.15) is 33.6 Å². The number of carbonyl (C=O) groups is 2. The summed E-state index contributed by atoms with van der Waals surface area (Å²) >= 11 is 0. The lowest BCUT2D eigenvalue weighted by molar-refractivity contribution is -0.127. The van der Waals surface area contributed by atoms with E-state index in [1.807, 2.05) is 13.8 Å². The van der Waals surface area contributed by atoms with Crippen molar-refractivity contribution in [3.63, 3.8) is 0 Å². The van der Waals surface area contributed by atoms with Crippen molar-refractivity contribution in [2.45, 2.75) is 45.7 Å². The molecule has 0 aromatic carbocycles. The third-order valence-electron chi connectivity index (χ3n) is 3.76. The highest BCUT2D eigenvalue weighted by molar-refractivity contribution is 5.87. The fourth-order valence-electron chi connectivity index (χ4n) is 2.33. The Kier molecular flexibility index (Phi) is 6.95. The van der Waals surface area contributed by atoms with E-state index in [4.69, 9.17) is 5.73 Å². The van der Waals surface area contributed by atoms with Crippen LogP contribution in [0.15, 0.2) is 0 Å². The van der Waals surface area contributed by atoms with E-state index in [1.165, 1.54) is 0 Å². The molecule has 20 heavy (non-hydrogen) atoms. The van der Waals surface area contributed by atoms with Crippen LogP contribution in [0.3, 0.4) is 0 Å². The van der Waals surface area contributed by atoms with Gasteiger partial charge in [-0.1, -0.05) is 20.8 Å². The second-order valence-electron chi connectivity index (χ2n) is 5.79. The number of likely N-dealkylation sites (tertiary alicyclic amines) is 1. The number of hydrogen-bond acceptors (Lipinski definition) is 4. The highest BCUT2D eigenvalue weighted by atomic mass is 16.2. The van der Waals surface area contributed by atoms with Gasteiger partial charge in [-0.2, -0.15) is 0 Å². The minimum Gasteiger partial charge on any atom is -0.351 e. The zero-order valence-electron chi connectivity index (χ0n) is 12.8. The summed E-state index contributed by atoms with van der Waals surface area (Å²) in [5.41, 5.74) is 5.72. The SMILES string of the molecule is CCN1CCCC(NC(=O)CNC(=O)[C@@H](N)C(C)C)C1. The highest BCUT2D eigenvalue weighted by Gasteiger charge is 2.21. The first-order valence-electron chi connectivity index (χ1n) is 7.49. The van der Waals surface area contributed by atoms with Crippen LogP contribution in [-0.2, 0) is 9.59 Å². The van der Waals surface area contributed by atoms with E-state index in [2.05, 4.69) is 22.5 Å². The van der Waals surface area contributed by atoms with Crippen LogP contribution in [0.2, 0.25) is 0 Å². The van der Waals surface area contributed by atoms with Crippen molar-refractivity contribution >= 4 is 11.8 Å². The lowest BCUT2D eigenvalue weighted by Gasteiger charge is -2.32. The van der Waals surface area contributed by atoms with Gasteiger partial charge in [0.1, 0.15) is 0 Å². The van der Waals surface area contributed by atoms with Crippen molar-refractivity contribution in [3.8, 4) is 0 Å². The molecule has 0 aromatic rings. The highest BCUT2D eigenvalue weighted by Crippen LogP contribution is 2.09. The number of carbonyl (C=O) groups excluding carboxylic acids is 2. The smallest absolute Gasteiger partial charge is 0.239 e. The first-order chi connectivity index (χ1) is 9.43. The van der Waals surface area contributed by atoms with Crippen molar-refractivity contribution in [3.05, 3.63) is 0 Å². The average Bonchev–Trinajstić information content (AvgIpc) is 2.43. The Morgan fingerprint density at radius 1 is 1.40 bits per heavy atom. The summed E-state index contributed by atoms with van der Waals surface area (Å²) in [5, 5.41) is 5.56. The van der Waals surface area contributed by atoms with E-state index >= 15 is 0 Å². The molecule has 4 N–H and O–H groups in total. The molecule has 1 saturated heterocycles. The van der Waals surface area contributed by atoms with Crippen LogP contribution in [0.4, 0.5) is 0 Å². The van der Waals surface area contributed by atoms with Crippen molar-refractivity contribution in [1.82, 2.24) is 15.5 Å². The standard InChI is InChI=1S/C14H28N4O2/c1-4-18-7-5-6-11(9-18)17-12(19)8-16-14(20)13(15)10(2)3/h10-11,13H,4-9,15H2,1-3H3,(H,16,20)(H,17,19)/t11?,13-/m0/s1. The van der Waals surface area contributed by atoms with Gasteiger partial charge >= 0.3 is 0 Å². The fourth-order valence-corrected chi connectivity index (χ4v) is 2.33. The number of nitrogens with two attached hydrogens (primary N) is 1. The Morgan fingerprint density at radius 2 is 2.10 bits per heavy atom. The molecule has 1 unspecified atom stereocenters. The first kappa shape index (κ1) is 16.9. The Balaban J connectivity index is 2.28. The maximum absolute atomic E-state index is 11.8. The summed E-state index contributed by atoms with van der Waals surface area (Å²) in [6.07, 6.45) is 2.10. The Labute approximate surface area is 121 Å². The minimum absolute atomic E-state index is 0.00186. The number of amides is 2. The van der Waals surface area contributed by atoms with Gasteiger partial charge in [0, 0.05) is 12.6 Å². The molecule has 1 fully saturated rings. The third kappa shape index (κ3) is 5.46. The number of rotatable bonds is 6. The molecule has 2 atom stereocenters. The van der Waals surface area contributed by atoms with Gasteiger partial charge in [-0.15, -0.1) is 0 Å². The van der Waals surface area contributed by atoms with Crippen LogP contribution in [0, 0.1) is 5.92 Å². The monoisotopic (exact) mass is 284 g/mol. The Bertz CT molecular complexity index is 333. The minimum atomic E-state index is -0.562. The molecule has 1 rings (SSSR count). The molecule has 6 heteroatoms. The van der Waals surface area contributed by atoms with Crippen LogP contribution < -0.4 is 16.4 Å². The summed E-state index contributed by atoms with van der Waals surface area (Å²) in [7, 11) is 0. The van der Waals surface area contributed by atoms with E-state index in [1.54, 1.807) is 0 Å². The van der Waals surface area contributed by atoms with Crippen LogP contribution in [0.25, 0.3) is 0 Å². The maximum Gasteiger partial charge on any atom is 0.239 e. The summed E-state index contributed by atoms with van der Waals surface area (Å²) in [5.74, 6) is -0.347. The lowest BCUT2D eigenvalue weighted by Crippen LogP contribution is -2.51. The molecule has 1 aliphatic heterocycles. The molecule has 0 spiro atoms.